The van der Waals surface area contributed by atoms with Crippen LogP contribution in [0.4, 0.5) is 0 Å². The molecule has 0 aliphatic carbocycles. The lowest BCUT2D eigenvalue weighted by Crippen LogP contribution is -2.06. The summed E-state index contributed by atoms with van der Waals surface area (Å²) in [5.41, 5.74) is 9.28. The lowest BCUT2D eigenvalue weighted by atomic mass is 10.0. The summed E-state index contributed by atoms with van der Waals surface area (Å²) in [4.78, 5) is 0. The summed E-state index contributed by atoms with van der Waals surface area (Å²) in [6.07, 6.45) is 2.26. The molecule has 0 aliphatic rings. The van der Waals surface area contributed by atoms with Crippen LogP contribution >= 0.6 is 0 Å². The second-order valence-corrected chi connectivity index (χ2v) is 5.22. The molecule has 102 valence electrons. The van der Waals surface area contributed by atoms with E-state index in [4.69, 9.17) is 5.73 Å². The summed E-state index contributed by atoms with van der Waals surface area (Å²) in [7, 11) is 0. The molecule has 0 radical (unpaired) electrons. The first-order chi connectivity index (χ1) is 9.08. The van der Waals surface area contributed by atoms with E-state index >= 15 is 0 Å². The van der Waals surface area contributed by atoms with Gasteiger partial charge in [0.15, 0.2) is 0 Å². The monoisotopic (exact) mass is 255 g/mol. The first-order valence-corrected chi connectivity index (χ1v) is 6.93. The van der Waals surface area contributed by atoms with Crippen molar-refractivity contribution < 1.29 is 0 Å². The van der Waals surface area contributed by atoms with Crippen LogP contribution in [0.3, 0.4) is 0 Å². The zero-order valence-corrected chi connectivity index (χ0v) is 12.3. The van der Waals surface area contributed by atoms with Gasteiger partial charge in [0.05, 0.1) is 0 Å². The predicted molar refractivity (Wildman–Crippen MR) is 84.4 cm³/mol. The Labute approximate surface area is 117 Å². The second kappa shape index (κ2) is 8.49. The van der Waals surface area contributed by atoms with Crippen molar-refractivity contribution in [3.05, 3.63) is 71.3 Å². The fourth-order valence-corrected chi connectivity index (χ4v) is 1.69. The van der Waals surface area contributed by atoms with Crippen molar-refractivity contribution in [2.75, 3.05) is 0 Å². The van der Waals surface area contributed by atoms with Crippen molar-refractivity contribution in [1.29, 1.82) is 0 Å². The van der Waals surface area contributed by atoms with E-state index in [1.165, 1.54) is 16.7 Å². The van der Waals surface area contributed by atoms with Crippen LogP contribution in [0.2, 0.25) is 0 Å². The molecule has 2 N–H and O–H groups in total. The van der Waals surface area contributed by atoms with Gasteiger partial charge in [0.2, 0.25) is 0 Å². The Morgan fingerprint density at radius 1 is 0.789 bits per heavy atom. The summed E-state index contributed by atoms with van der Waals surface area (Å²) >= 11 is 0. The van der Waals surface area contributed by atoms with Crippen LogP contribution in [0, 0.1) is 6.92 Å². The lowest BCUT2D eigenvalue weighted by molar-refractivity contribution is 0.834. The molecular formula is C18H25N. The molecule has 2 aromatic rings. The van der Waals surface area contributed by atoms with Crippen LogP contribution in [0.5, 0.6) is 0 Å². The summed E-state index contributed by atoms with van der Waals surface area (Å²) in [5.74, 6) is 0. The van der Waals surface area contributed by atoms with Crippen molar-refractivity contribution in [2.45, 2.75) is 39.7 Å². The van der Waals surface area contributed by atoms with Crippen LogP contribution < -0.4 is 5.73 Å². The number of rotatable bonds is 3. The zero-order chi connectivity index (χ0) is 14.1. The minimum absolute atomic E-state index is 0.333. The molecule has 0 bridgehead atoms. The maximum Gasteiger partial charge on any atom is -0.00179 e. The molecule has 0 amide bonds. The van der Waals surface area contributed by atoms with Gasteiger partial charge in [-0.3, -0.25) is 0 Å². The molecule has 2 rings (SSSR count). The first-order valence-electron chi connectivity index (χ1n) is 6.93. The Morgan fingerprint density at radius 3 is 1.68 bits per heavy atom. The maximum atomic E-state index is 5.11. The third-order valence-electron chi connectivity index (χ3n) is 2.67. The molecule has 0 unspecified atom stereocenters. The smallest absolute Gasteiger partial charge is 0.00179 e. The van der Waals surface area contributed by atoms with Crippen LogP contribution in [-0.2, 0) is 12.8 Å². The summed E-state index contributed by atoms with van der Waals surface area (Å²) in [5, 5.41) is 0. The molecule has 0 spiro atoms. The third kappa shape index (κ3) is 7.43. The first kappa shape index (κ1) is 15.5. The van der Waals surface area contributed by atoms with E-state index < -0.39 is 0 Å². The molecule has 1 nitrogen and oxygen atoms in total. The lowest BCUT2D eigenvalue weighted by Gasteiger charge is -2.02. The number of hydrogen-bond donors (Lipinski definition) is 1. The number of aryl methyl sites for hydroxylation is 3. The fraction of sp³-hybridized carbons (Fsp3) is 0.333. The molecular weight excluding hydrogens is 230 g/mol. The number of hydrogen-bond acceptors (Lipinski definition) is 1. The van der Waals surface area contributed by atoms with E-state index in [1.807, 2.05) is 13.8 Å². The molecule has 19 heavy (non-hydrogen) atoms. The van der Waals surface area contributed by atoms with E-state index in [-0.39, 0.29) is 0 Å². The largest absolute Gasteiger partial charge is 0.328 e. The molecule has 0 saturated heterocycles. The molecule has 0 aliphatic heterocycles. The van der Waals surface area contributed by atoms with Gasteiger partial charge >= 0.3 is 0 Å². The minimum Gasteiger partial charge on any atom is -0.328 e. The third-order valence-corrected chi connectivity index (χ3v) is 2.67. The molecule has 0 fully saturated rings. The van der Waals surface area contributed by atoms with Crippen molar-refractivity contribution in [3.8, 4) is 0 Å². The van der Waals surface area contributed by atoms with Crippen LogP contribution in [0.25, 0.3) is 0 Å². The predicted octanol–water partition coefficient (Wildman–Crippen LogP) is 4.13. The number of nitrogens with two attached hydrogens (primary N) is 1. The van der Waals surface area contributed by atoms with E-state index in [2.05, 4.69) is 61.5 Å². The quantitative estimate of drug-likeness (QED) is 0.876. The highest BCUT2D eigenvalue weighted by Gasteiger charge is 1.94. The molecule has 2 aromatic carbocycles. The van der Waals surface area contributed by atoms with Gasteiger partial charge in [-0.15, -0.1) is 0 Å². The van der Waals surface area contributed by atoms with Gasteiger partial charge in [-0.1, -0.05) is 74.0 Å². The maximum absolute atomic E-state index is 5.11. The van der Waals surface area contributed by atoms with E-state index in [1.54, 1.807) is 0 Å². The summed E-state index contributed by atoms with van der Waals surface area (Å²) in [6, 6.07) is 19.8. The van der Waals surface area contributed by atoms with E-state index in [9.17, 15) is 0 Å². The Kier molecular flexibility index (Phi) is 6.91. The standard InChI is InChI=1S/C15H16.C3H9N/c1-13-7-9-15(10-8-13)12-11-14-5-3-2-4-6-14;1-3(2)4/h2-10H,11-12H2,1H3;3H,4H2,1-2H3. The molecule has 0 heterocycles. The van der Waals surface area contributed by atoms with Crippen LogP contribution in [-0.4, -0.2) is 6.04 Å². The average Bonchev–Trinajstić information content (AvgIpc) is 2.39. The molecule has 0 atom stereocenters. The van der Waals surface area contributed by atoms with E-state index in [0.717, 1.165) is 12.8 Å². The Hall–Kier alpha value is -1.60. The zero-order valence-electron chi connectivity index (χ0n) is 12.3. The highest BCUT2D eigenvalue weighted by atomic mass is 14.6. The van der Waals surface area contributed by atoms with Crippen molar-refractivity contribution in [3.63, 3.8) is 0 Å². The number of benzene rings is 2. The van der Waals surface area contributed by atoms with Gasteiger partial charge in [-0.05, 0) is 36.9 Å². The van der Waals surface area contributed by atoms with Crippen LogP contribution in [0.15, 0.2) is 54.6 Å². The SMILES string of the molecule is CC(C)N.Cc1ccc(CCc2ccccc2)cc1. The topological polar surface area (TPSA) is 26.0 Å². The fourth-order valence-electron chi connectivity index (χ4n) is 1.69. The van der Waals surface area contributed by atoms with Gasteiger partial charge in [-0.2, -0.15) is 0 Å². The van der Waals surface area contributed by atoms with Gasteiger partial charge < -0.3 is 5.73 Å². The molecule has 0 saturated carbocycles. The molecule has 1 heteroatoms. The van der Waals surface area contributed by atoms with E-state index in [0.29, 0.717) is 6.04 Å². The Balaban J connectivity index is 0.000000399. The highest BCUT2D eigenvalue weighted by molar-refractivity contribution is 5.23. The van der Waals surface area contributed by atoms with Gasteiger partial charge in [0.25, 0.3) is 0 Å². The van der Waals surface area contributed by atoms with Crippen molar-refractivity contribution in [1.82, 2.24) is 0 Å². The normalized spacial score (nSPS) is 9.95. The molecule has 0 aromatic heterocycles. The highest BCUT2D eigenvalue weighted by Crippen LogP contribution is 2.08. The minimum atomic E-state index is 0.333. The van der Waals surface area contributed by atoms with Gasteiger partial charge in [-0.25, -0.2) is 0 Å². The van der Waals surface area contributed by atoms with Crippen molar-refractivity contribution in [2.24, 2.45) is 5.73 Å². The van der Waals surface area contributed by atoms with Gasteiger partial charge in [0, 0.05) is 0 Å². The average molecular weight is 255 g/mol. The Bertz CT molecular complexity index is 440. The summed E-state index contributed by atoms with van der Waals surface area (Å²) < 4.78 is 0. The second-order valence-electron chi connectivity index (χ2n) is 5.22. The van der Waals surface area contributed by atoms with Crippen molar-refractivity contribution >= 4 is 0 Å². The Morgan fingerprint density at radius 2 is 1.21 bits per heavy atom. The summed E-state index contributed by atoms with van der Waals surface area (Å²) in [6.45, 7) is 6.01. The van der Waals surface area contributed by atoms with Gasteiger partial charge in [0.1, 0.15) is 0 Å². The van der Waals surface area contributed by atoms with Crippen LogP contribution in [0.1, 0.15) is 30.5 Å².